The highest BCUT2D eigenvalue weighted by Gasteiger charge is 2.54. The smallest absolute Gasteiger partial charge is 0.166 e. The van der Waals surface area contributed by atoms with Crippen molar-refractivity contribution in [1.29, 1.82) is 0 Å². The molecule has 2 aliphatic rings. The summed E-state index contributed by atoms with van der Waals surface area (Å²) in [4.78, 5) is 7.11. The molecule has 1 heterocycles. The normalized spacial score (nSPS) is 28.6. The third kappa shape index (κ3) is 4.69. The van der Waals surface area contributed by atoms with Crippen LogP contribution in [0.5, 0.6) is 5.75 Å². The lowest BCUT2D eigenvalue weighted by Crippen LogP contribution is -2.56. The molecule has 1 aliphatic carbocycles. The van der Waals surface area contributed by atoms with E-state index in [1.54, 1.807) is 7.11 Å². The van der Waals surface area contributed by atoms with Crippen molar-refractivity contribution in [3.63, 3.8) is 0 Å². The lowest BCUT2D eigenvalue weighted by Gasteiger charge is -2.51. The van der Waals surface area contributed by atoms with Crippen LogP contribution in [-0.2, 0) is 12.1 Å². The van der Waals surface area contributed by atoms with Crippen molar-refractivity contribution in [1.82, 2.24) is 14.7 Å². The molecular formula is C28H41N3O2. The maximum absolute atomic E-state index is 11.4. The fourth-order valence-electron chi connectivity index (χ4n) is 6.09. The summed E-state index contributed by atoms with van der Waals surface area (Å²) in [6.07, 6.45) is 6.14. The Morgan fingerprint density at radius 1 is 1.00 bits per heavy atom. The minimum atomic E-state index is -0.526. The van der Waals surface area contributed by atoms with Crippen LogP contribution in [0, 0.1) is 0 Å². The van der Waals surface area contributed by atoms with Gasteiger partial charge in [-0.2, -0.15) is 0 Å². The van der Waals surface area contributed by atoms with E-state index in [4.69, 9.17) is 4.74 Å². The Bertz CT molecular complexity index is 876. The number of ether oxygens (including phenoxy) is 1. The average Bonchev–Trinajstić information content (AvgIpc) is 3.09. The van der Waals surface area contributed by atoms with E-state index in [1.165, 1.54) is 11.1 Å². The van der Waals surface area contributed by atoms with Crippen LogP contribution in [0.15, 0.2) is 54.6 Å². The second-order valence-electron chi connectivity index (χ2n) is 10.2. The number of hydrogen-bond acceptors (Lipinski definition) is 5. The van der Waals surface area contributed by atoms with Gasteiger partial charge in [0.05, 0.1) is 7.11 Å². The van der Waals surface area contributed by atoms with E-state index in [0.717, 1.165) is 63.9 Å². The molecule has 5 nitrogen and oxygen atoms in total. The zero-order valence-electron chi connectivity index (χ0n) is 20.8. The van der Waals surface area contributed by atoms with Gasteiger partial charge in [-0.15, -0.1) is 0 Å². The molecule has 1 unspecified atom stereocenters. The molecule has 1 saturated heterocycles. The van der Waals surface area contributed by atoms with Crippen molar-refractivity contribution in [2.75, 3.05) is 34.3 Å². The largest absolute Gasteiger partial charge is 0.497 e. The van der Waals surface area contributed by atoms with Gasteiger partial charge in [-0.3, -0.25) is 14.7 Å². The van der Waals surface area contributed by atoms with Gasteiger partial charge in [-0.05, 0) is 69.5 Å². The minimum absolute atomic E-state index is 0.0371. The van der Waals surface area contributed by atoms with Crippen molar-refractivity contribution >= 4 is 0 Å². The molecule has 33 heavy (non-hydrogen) atoms. The van der Waals surface area contributed by atoms with E-state index >= 15 is 0 Å². The third-order valence-electron chi connectivity index (χ3n) is 8.18. The van der Waals surface area contributed by atoms with Crippen LogP contribution in [0.25, 0.3) is 0 Å². The summed E-state index contributed by atoms with van der Waals surface area (Å²) in [5, 5.41) is 11.4. The number of hydrogen-bond donors (Lipinski definition) is 1. The summed E-state index contributed by atoms with van der Waals surface area (Å²) in [6, 6.07) is 19.2. The second-order valence-corrected chi connectivity index (χ2v) is 10.2. The Morgan fingerprint density at radius 2 is 1.67 bits per heavy atom. The molecule has 4 rings (SSSR count). The number of aliphatic hydroxyl groups excluding tert-OH is 1. The van der Waals surface area contributed by atoms with Crippen molar-refractivity contribution in [2.24, 2.45) is 0 Å². The summed E-state index contributed by atoms with van der Waals surface area (Å²) in [7, 11) is 6.14. The summed E-state index contributed by atoms with van der Waals surface area (Å²) in [5.41, 5.74) is 2.73. The lowest BCUT2D eigenvalue weighted by molar-refractivity contribution is -0.0940. The number of nitrogens with zero attached hydrogens (tertiary/aromatic N) is 3. The monoisotopic (exact) mass is 451 g/mol. The minimum Gasteiger partial charge on any atom is -0.497 e. The summed E-state index contributed by atoms with van der Waals surface area (Å²) >= 11 is 0. The maximum atomic E-state index is 11.4. The van der Waals surface area contributed by atoms with Gasteiger partial charge in [0.1, 0.15) is 5.75 Å². The van der Waals surface area contributed by atoms with Crippen molar-refractivity contribution in [3.05, 3.63) is 65.7 Å². The Labute approximate surface area is 200 Å². The fraction of sp³-hybridized carbons (Fsp3) is 0.571. The molecular weight excluding hydrogens is 410 g/mol. The van der Waals surface area contributed by atoms with Crippen LogP contribution in [0.1, 0.15) is 56.6 Å². The predicted octanol–water partition coefficient (Wildman–Crippen LogP) is 4.66. The SMILES string of the molecule is CCCCN1C(O)N(Cc2ccc(OC)cc2)CC12CCC(c1ccccc1)(N(C)C)CC2. The van der Waals surface area contributed by atoms with Gasteiger partial charge >= 0.3 is 0 Å². The first-order chi connectivity index (χ1) is 15.9. The quantitative estimate of drug-likeness (QED) is 0.632. The van der Waals surface area contributed by atoms with E-state index in [9.17, 15) is 5.11 Å². The van der Waals surface area contributed by atoms with E-state index < -0.39 is 6.35 Å². The molecule has 2 aromatic carbocycles. The number of benzene rings is 2. The zero-order chi connectivity index (χ0) is 23.5. The first-order valence-corrected chi connectivity index (χ1v) is 12.5. The molecule has 1 atom stereocenters. The molecule has 2 fully saturated rings. The second kappa shape index (κ2) is 10.1. The Morgan fingerprint density at radius 3 is 2.24 bits per heavy atom. The van der Waals surface area contributed by atoms with E-state index in [-0.39, 0.29) is 11.1 Å². The van der Waals surface area contributed by atoms with Gasteiger partial charge in [-0.1, -0.05) is 55.8 Å². The van der Waals surface area contributed by atoms with Gasteiger partial charge < -0.3 is 9.84 Å². The lowest BCUT2D eigenvalue weighted by atomic mass is 9.68. The topological polar surface area (TPSA) is 39.2 Å². The number of unbranched alkanes of at least 4 members (excludes halogenated alkanes) is 1. The van der Waals surface area contributed by atoms with E-state index in [2.05, 4.69) is 78.2 Å². The molecule has 1 spiro atoms. The molecule has 1 N–H and O–H groups in total. The molecule has 1 saturated carbocycles. The van der Waals surface area contributed by atoms with Crippen LogP contribution in [0.2, 0.25) is 0 Å². The zero-order valence-corrected chi connectivity index (χ0v) is 20.8. The number of aliphatic hydroxyl groups is 1. The van der Waals surface area contributed by atoms with Gasteiger partial charge in [0.15, 0.2) is 6.35 Å². The van der Waals surface area contributed by atoms with Crippen LogP contribution >= 0.6 is 0 Å². The molecule has 0 radical (unpaired) electrons. The number of methoxy groups -OCH3 is 1. The Kier molecular flexibility index (Phi) is 7.44. The molecule has 0 amide bonds. The fourth-order valence-corrected chi connectivity index (χ4v) is 6.09. The molecule has 180 valence electrons. The van der Waals surface area contributed by atoms with E-state index in [1.807, 2.05) is 12.1 Å². The van der Waals surface area contributed by atoms with Crippen molar-refractivity contribution in [3.8, 4) is 5.75 Å². The summed E-state index contributed by atoms with van der Waals surface area (Å²) in [5.74, 6) is 0.870. The van der Waals surface area contributed by atoms with Gasteiger partial charge in [0.25, 0.3) is 0 Å². The molecule has 0 bridgehead atoms. The van der Waals surface area contributed by atoms with Gasteiger partial charge in [0, 0.05) is 30.7 Å². The van der Waals surface area contributed by atoms with Gasteiger partial charge in [0.2, 0.25) is 0 Å². The van der Waals surface area contributed by atoms with Crippen LogP contribution in [0.3, 0.4) is 0 Å². The number of rotatable bonds is 8. The highest BCUT2D eigenvalue weighted by molar-refractivity contribution is 5.28. The third-order valence-corrected chi connectivity index (χ3v) is 8.18. The highest BCUT2D eigenvalue weighted by Crippen LogP contribution is 2.49. The van der Waals surface area contributed by atoms with Crippen LogP contribution < -0.4 is 4.74 Å². The molecule has 0 aromatic heterocycles. The molecule has 5 heteroatoms. The first-order valence-electron chi connectivity index (χ1n) is 12.5. The summed E-state index contributed by atoms with van der Waals surface area (Å²) in [6.45, 7) is 4.87. The van der Waals surface area contributed by atoms with Crippen molar-refractivity contribution < 1.29 is 9.84 Å². The standard InChI is InChI=1S/C28H41N3O2/c1-5-6-20-31-26(32)30(21-23-12-14-25(33-4)15-13-23)22-27(31)16-18-28(19-17-27,29(2)3)24-10-8-7-9-11-24/h7-15,26,32H,5-6,16-22H2,1-4H3. The molecule has 1 aliphatic heterocycles. The van der Waals surface area contributed by atoms with Crippen molar-refractivity contribution in [2.45, 2.75) is 69.4 Å². The Hall–Kier alpha value is -1.92. The van der Waals surface area contributed by atoms with Crippen LogP contribution in [-0.4, -0.2) is 66.0 Å². The first kappa shape index (κ1) is 24.2. The van der Waals surface area contributed by atoms with E-state index in [0.29, 0.717) is 0 Å². The predicted molar refractivity (Wildman–Crippen MR) is 134 cm³/mol. The highest BCUT2D eigenvalue weighted by atomic mass is 16.5. The average molecular weight is 452 g/mol. The maximum Gasteiger partial charge on any atom is 0.166 e. The summed E-state index contributed by atoms with van der Waals surface area (Å²) < 4.78 is 5.31. The van der Waals surface area contributed by atoms with Crippen LogP contribution in [0.4, 0.5) is 0 Å². The molecule has 2 aromatic rings. The Balaban J connectivity index is 1.55. The van der Waals surface area contributed by atoms with Gasteiger partial charge in [-0.25, -0.2) is 0 Å².